The van der Waals surface area contributed by atoms with E-state index in [1.54, 1.807) is 22.7 Å². The number of thiophene rings is 2. The van der Waals surface area contributed by atoms with Gasteiger partial charge in [-0.05, 0) is 54.2 Å². The Hall–Kier alpha value is -2.43. The number of piperidine rings is 1. The van der Waals surface area contributed by atoms with Gasteiger partial charge in [-0.3, -0.25) is 4.90 Å². The first-order valence-electron chi connectivity index (χ1n) is 11.2. The van der Waals surface area contributed by atoms with Gasteiger partial charge in [-0.2, -0.15) is 4.98 Å². The Labute approximate surface area is 195 Å². The molecule has 4 aromatic heterocycles. The van der Waals surface area contributed by atoms with Gasteiger partial charge >= 0.3 is 0 Å². The topological polar surface area (TPSA) is 81.8 Å². The molecule has 0 bridgehead atoms. The van der Waals surface area contributed by atoms with Gasteiger partial charge in [0, 0.05) is 22.4 Å². The minimum absolute atomic E-state index is 0.283. The van der Waals surface area contributed by atoms with Crippen molar-refractivity contribution in [2.45, 2.75) is 58.7 Å². The van der Waals surface area contributed by atoms with Crippen LogP contribution in [0.15, 0.2) is 22.9 Å². The lowest BCUT2D eigenvalue weighted by Crippen LogP contribution is -2.29. The second-order valence-electron chi connectivity index (χ2n) is 8.05. The highest BCUT2D eigenvalue weighted by Crippen LogP contribution is 2.40. The summed E-state index contributed by atoms with van der Waals surface area (Å²) >= 11 is 3.37. The zero-order valence-corrected chi connectivity index (χ0v) is 19.9. The molecular weight excluding hydrogens is 442 g/mol. The van der Waals surface area contributed by atoms with E-state index in [9.17, 15) is 0 Å². The molecule has 168 valence electrons. The summed E-state index contributed by atoms with van der Waals surface area (Å²) in [7, 11) is 0. The molecule has 4 aromatic rings. The summed E-state index contributed by atoms with van der Waals surface area (Å²) in [5.74, 6) is 2.16. The maximum Gasteiger partial charge on any atom is 0.226 e. The average molecular weight is 470 g/mol. The van der Waals surface area contributed by atoms with E-state index in [0.29, 0.717) is 5.88 Å². The Kier molecular flexibility index (Phi) is 6.70. The standard InChI is InChI=1S/C22H27N7OS2/c1-2-3-11-29-19(25-26-27-29)14-30-21-20-16(17-8-7-12-31-17)15-32-22(20)24-18(23-21)13-28-9-5-4-6-10-28/h7-8,12,15H,2-6,9-11,13-14H2,1H3. The first-order valence-corrected chi connectivity index (χ1v) is 13.0. The molecule has 0 unspecified atom stereocenters. The van der Waals surface area contributed by atoms with E-state index >= 15 is 0 Å². The summed E-state index contributed by atoms with van der Waals surface area (Å²) in [6.07, 6.45) is 5.92. The number of hydrogen-bond acceptors (Lipinski definition) is 9. The van der Waals surface area contributed by atoms with Crippen LogP contribution in [-0.4, -0.2) is 48.2 Å². The number of aryl methyl sites for hydroxylation is 1. The lowest BCUT2D eigenvalue weighted by molar-refractivity contribution is 0.214. The number of fused-ring (bicyclic) bond motifs is 1. The number of likely N-dealkylation sites (tertiary alicyclic amines) is 1. The predicted molar refractivity (Wildman–Crippen MR) is 127 cm³/mol. The maximum absolute atomic E-state index is 6.29. The van der Waals surface area contributed by atoms with E-state index in [1.165, 1.54) is 24.1 Å². The first kappa shape index (κ1) is 21.4. The van der Waals surface area contributed by atoms with Crippen molar-refractivity contribution in [1.29, 1.82) is 0 Å². The number of ether oxygens (including phenoxy) is 1. The van der Waals surface area contributed by atoms with Gasteiger partial charge in [-0.15, -0.1) is 27.8 Å². The fraction of sp³-hybridized carbons (Fsp3) is 0.500. The van der Waals surface area contributed by atoms with Crippen LogP contribution in [0.4, 0.5) is 0 Å². The highest BCUT2D eigenvalue weighted by atomic mass is 32.1. The van der Waals surface area contributed by atoms with Crippen molar-refractivity contribution in [3.05, 3.63) is 34.5 Å². The Morgan fingerprint density at radius 2 is 2.03 bits per heavy atom. The third-order valence-electron chi connectivity index (χ3n) is 5.71. The molecule has 5 rings (SSSR count). The number of unbranched alkanes of at least 4 members (excludes halogenated alkanes) is 1. The molecule has 0 spiro atoms. The van der Waals surface area contributed by atoms with Crippen LogP contribution in [0.5, 0.6) is 5.88 Å². The molecule has 0 amide bonds. The smallest absolute Gasteiger partial charge is 0.226 e. The van der Waals surface area contributed by atoms with Gasteiger partial charge in [0.1, 0.15) is 10.7 Å². The second-order valence-corrected chi connectivity index (χ2v) is 9.85. The zero-order chi connectivity index (χ0) is 21.8. The Morgan fingerprint density at radius 1 is 1.12 bits per heavy atom. The van der Waals surface area contributed by atoms with Crippen LogP contribution in [0, 0.1) is 0 Å². The van der Waals surface area contributed by atoms with Gasteiger partial charge in [0.25, 0.3) is 0 Å². The molecule has 8 nitrogen and oxygen atoms in total. The predicted octanol–water partition coefficient (Wildman–Crippen LogP) is 4.77. The van der Waals surface area contributed by atoms with Crippen molar-refractivity contribution in [1.82, 2.24) is 35.1 Å². The van der Waals surface area contributed by atoms with Crippen molar-refractivity contribution < 1.29 is 4.74 Å². The Balaban J connectivity index is 1.46. The fourth-order valence-corrected chi connectivity index (χ4v) is 5.77. The normalized spacial score (nSPS) is 14.9. The summed E-state index contributed by atoms with van der Waals surface area (Å²) < 4.78 is 8.11. The van der Waals surface area contributed by atoms with Crippen molar-refractivity contribution in [2.24, 2.45) is 0 Å². The van der Waals surface area contributed by atoms with Crippen molar-refractivity contribution in [3.8, 4) is 16.3 Å². The maximum atomic E-state index is 6.29. The van der Waals surface area contributed by atoms with Gasteiger partial charge in [0.2, 0.25) is 5.88 Å². The molecule has 0 N–H and O–H groups in total. The minimum atomic E-state index is 0.283. The van der Waals surface area contributed by atoms with E-state index in [1.807, 2.05) is 4.68 Å². The van der Waals surface area contributed by atoms with Gasteiger partial charge in [0.15, 0.2) is 12.4 Å². The van der Waals surface area contributed by atoms with Crippen molar-refractivity contribution in [3.63, 3.8) is 0 Å². The van der Waals surface area contributed by atoms with Gasteiger partial charge in [0.05, 0.1) is 11.9 Å². The first-order chi connectivity index (χ1) is 15.8. The van der Waals surface area contributed by atoms with Gasteiger partial charge in [-0.25, -0.2) is 9.67 Å². The highest BCUT2D eigenvalue weighted by Gasteiger charge is 2.20. The third-order valence-corrected chi connectivity index (χ3v) is 7.49. The van der Waals surface area contributed by atoms with Crippen LogP contribution in [-0.2, 0) is 19.7 Å². The molecule has 0 saturated carbocycles. The van der Waals surface area contributed by atoms with Crippen molar-refractivity contribution >= 4 is 32.9 Å². The lowest BCUT2D eigenvalue weighted by Gasteiger charge is -2.25. The molecule has 1 fully saturated rings. The van der Waals surface area contributed by atoms with E-state index in [4.69, 9.17) is 14.7 Å². The zero-order valence-electron chi connectivity index (χ0n) is 18.2. The molecule has 5 heterocycles. The molecule has 1 aliphatic rings. The largest absolute Gasteiger partial charge is 0.469 e. The fourth-order valence-electron chi connectivity index (χ4n) is 4.00. The van der Waals surface area contributed by atoms with E-state index in [-0.39, 0.29) is 6.61 Å². The highest BCUT2D eigenvalue weighted by molar-refractivity contribution is 7.18. The molecule has 0 radical (unpaired) electrons. The summed E-state index contributed by atoms with van der Waals surface area (Å²) in [4.78, 5) is 14.4. The molecule has 0 aliphatic carbocycles. The number of hydrogen-bond donors (Lipinski definition) is 0. The van der Waals surface area contributed by atoms with Gasteiger partial charge < -0.3 is 4.74 Å². The molecular formula is C22H27N7OS2. The molecule has 32 heavy (non-hydrogen) atoms. The quantitative estimate of drug-likeness (QED) is 0.349. The molecule has 10 heteroatoms. The number of tetrazole rings is 1. The third kappa shape index (κ3) is 4.67. The SMILES string of the molecule is CCCCn1nnnc1COc1nc(CN2CCCCC2)nc2scc(-c3cccs3)c12. The van der Waals surface area contributed by atoms with Crippen LogP contribution in [0.3, 0.4) is 0 Å². The van der Waals surface area contributed by atoms with Crippen LogP contribution in [0.25, 0.3) is 20.7 Å². The van der Waals surface area contributed by atoms with Crippen molar-refractivity contribution in [2.75, 3.05) is 13.1 Å². The molecule has 1 saturated heterocycles. The minimum Gasteiger partial charge on any atom is -0.469 e. The number of rotatable bonds is 9. The Bertz CT molecular complexity index is 1150. The molecule has 0 aromatic carbocycles. The molecule has 1 aliphatic heterocycles. The second kappa shape index (κ2) is 10.0. The summed E-state index contributed by atoms with van der Waals surface area (Å²) in [6, 6.07) is 4.19. The average Bonchev–Trinajstić information content (AvgIpc) is 3.57. The molecule has 0 atom stereocenters. The lowest BCUT2D eigenvalue weighted by atomic mass is 10.1. The van der Waals surface area contributed by atoms with Crippen LogP contribution in [0.1, 0.15) is 50.7 Å². The van der Waals surface area contributed by atoms with Gasteiger partial charge in [-0.1, -0.05) is 25.8 Å². The number of aromatic nitrogens is 6. The summed E-state index contributed by atoms with van der Waals surface area (Å²) in [5, 5.41) is 17.4. The summed E-state index contributed by atoms with van der Waals surface area (Å²) in [6.45, 7) is 6.20. The van der Waals surface area contributed by atoms with E-state index < -0.39 is 0 Å². The Morgan fingerprint density at radius 3 is 2.84 bits per heavy atom. The monoisotopic (exact) mass is 469 g/mol. The van der Waals surface area contributed by atoms with E-state index in [2.05, 4.69) is 50.2 Å². The van der Waals surface area contributed by atoms with Crippen LogP contribution < -0.4 is 4.74 Å². The van der Waals surface area contributed by atoms with E-state index in [0.717, 1.165) is 66.4 Å². The van der Waals surface area contributed by atoms with Crippen LogP contribution >= 0.6 is 22.7 Å². The number of nitrogens with zero attached hydrogens (tertiary/aromatic N) is 7. The van der Waals surface area contributed by atoms with Crippen LogP contribution in [0.2, 0.25) is 0 Å². The summed E-state index contributed by atoms with van der Waals surface area (Å²) in [5.41, 5.74) is 1.13.